The molecule has 1 aliphatic rings. The minimum Gasteiger partial charge on any atom is -0.496 e. The molecule has 7 heteroatoms. The highest BCUT2D eigenvalue weighted by Crippen LogP contribution is 2.16. The third kappa shape index (κ3) is 5.36. The van der Waals surface area contributed by atoms with Crippen LogP contribution in [0.5, 0.6) is 5.75 Å². The number of nitrogens with zero attached hydrogens (tertiary/aromatic N) is 4. The summed E-state index contributed by atoms with van der Waals surface area (Å²) in [5, 5.41) is 6.66. The molecule has 0 saturated carbocycles. The number of methoxy groups -OCH3 is 1. The normalized spacial score (nSPS) is 15.4. The third-order valence-electron chi connectivity index (χ3n) is 4.96. The molecule has 7 nitrogen and oxygen atoms in total. The lowest BCUT2D eigenvalue weighted by Gasteiger charge is -2.33. The summed E-state index contributed by atoms with van der Waals surface area (Å²) in [6, 6.07) is 12.2. The van der Waals surface area contributed by atoms with Gasteiger partial charge in [-0.25, -0.2) is 4.98 Å². The lowest BCUT2D eigenvalue weighted by Crippen LogP contribution is -2.44. The average molecular weight is 383 g/mol. The Kier molecular flexibility index (Phi) is 7.08. The number of pyridine rings is 1. The summed E-state index contributed by atoms with van der Waals surface area (Å²) in [6.07, 6.45) is 1.94. The molecule has 1 aromatic carbocycles. The fourth-order valence-corrected chi connectivity index (χ4v) is 3.18. The quantitative estimate of drug-likeness (QED) is 0.586. The van der Waals surface area contributed by atoms with Crippen LogP contribution in [0.25, 0.3) is 0 Å². The summed E-state index contributed by atoms with van der Waals surface area (Å²) in [4.78, 5) is 13.6. The van der Waals surface area contributed by atoms with Gasteiger partial charge >= 0.3 is 0 Å². The molecule has 1 fully saturated rings. The smallest absolute Gasteiger partial charge is 0.191 e. The van der Waals surface area contributed by atoms with Crippen molar-refractivity contribution in [2.24, 2.45) is 4.99 Å². The zero-order valence-electron chi connectivity index (χ0n) is 17.0. The van der Waals surface area contributed by atoms with Crippen LogP contribution in [-0.4, -0.2) is 63.2 Å². The standard InChI is InChI=1S/C21H30N6O/c1-22-21(25-16-18-6-4-5-7-19(18)28-3)24-15-17-8-9-20(23-14-17)27-12-10-26(2)11-13-27/h4-9,14H,10-13,15-16H2,1-3H3,(H2,22,24,25). The number of likely N-dealkylation sites (N-methyl/N-ethyl adjacent to an activating group) is 1. The predicted molar refractivity (Wildman–Crippen MR) is 114 cm³/mol. The minimum atomic E-state index is 0.643. The molecule has 0 unspecified atom stereocenters. The molecule has 0 bridgehead atoms. The van der Waals surface area contributed by atoms with E-state index >= 15 is 0 Å². The molecule has 2 aromatic rings. The van der Waals surface area contributed by atoms with Crippen molar-refractivity contribution in [1.82, 2.24) is 20.5 Å². The maximum absolute atomic E-state index is 5.39. The lowest BCUT2D eigenvalue weighted by atomic mass is 10.2. The van der Waals surface area contributed by atoms with Gasteiger partial charge in [0.25, 0.3) is 0 Å². The second kappa shape index (κ2) is 9.94. The van der Waals surface area contributed by atoms with Crippen LogP contribution in [0.15, 0.2) is 47.6 Å². The van der Waals surface area contributed by atoms with Crippen molar-refractivity contribution < 1.29 is 4.74 Å². The van der Waals surface area contributed by atoms with Crippen molar-refractivity contribution in [2.45, 2.75) is 13.1 Å². The number of hydrogen-bond acceptors (Lipinski definition) is 5. The summed E-state index contributed by atoms with van der Waals surface area (Å²) >= 11 is 0. The summed E-state index contributed by atoms with van der Waals surface area (Å²) in [6.45, 7) is 5.53. The highest BCUT2D eigenvalue weighted by molar-refractivity contribution is 5.79. The number of benzene rings is 1. The van der Waals surface area contributed by atoms with Gasteiger partial charge in [0.15, 0.2) is 5.96 Å². The summed E-state index contributed by atoms with van der Waals surface area (Å²) in [5.74, 6) is 2.67. The molecule has 2 heterocycles. The second-order valence-electron chi connectivity index (χ2n) is 6.91. The Morgan fingerprint density at radius 3 is 2.50 bits per heavy atom. The fourth-order valence-electron chi connectivity index (χ4n) is 3.18. The van der Waals surface area contributed by atoms with E-state index in [-0.39, 0.29) is 0 Å². The van der Waals surface area contributed by atoms with E-state index in [1.54, 1.807) is 14.2 Å². The molecule has 1 aromatic heterocycles. The van der Waals surface area contributed by atoms with Crippen molar-refractivity contribution >= 4 is 11.8 Å². The first-order chi connectivity index (χ1) is 13.7. The van der Waals surface area contributed by atoms with Gasteiger partial charge in [0.1, 0.15) is 11.6 Å². The van der Waals surface area contributed by atoms with Crippen LogP contribution in [0.1, 0.15) is 11.1 Å². The minimum absolute atomic E-state index is 0.643. The number of anilines is 1. The molecule has 150 valence electrons. The summed E-state index contributed by atoms with van der Waals surface area (Å²) < 4.78 is 5.39. The van der Waals surface area contributed by atoms with Crippen LogP contribution in [0.3, 0.4) is 0 Å². The van der Waals surface area contributed by atoms with Crippen LogP contribution < -0.4 is 20.3 Å². The van der Waals surface area contributed by atoms with Crippen molar-refractivity contribution in [1.29, 1.82) is 0 Å². The van der Waals surface area contributed by atoms with E-state index in [1.807, 2.05) is 30.5 Å². The number of guanidine groups is 1. The zero-order chi connectivity index (χ0) is 19.8. The highest BCUT2D eigenvalue weighted by Gasteiger charge is 2.14. The predicted octanol–water partition coefficient (Wildman–Crippen LogP) is 1.71. The first-order valence-corrected chi connectivity index (χ1v) is 9.64. The Morgan fingerprint density at radius 1 is 1.07 bits per heavy atom. The van der Waals surface area contributed by atoms with Crippen LogP contribution >= 0.6 is 0 Å². The molecule has 0 amide bonds. The topological polar surface area (TPSA) is 65.0 Å². The zero-order valence-corrected chi connectivity index (χ0v) is 17.0. The SMILES string of the molecule is CN=C(NCc1ccc(N2CCN(C)CC2)nc1)NCc1ccccc1OC. The largest absolute Gasteiger partial charge is 0.496 e. The third-order valence-corrected chi connectivity index (χ3v) is 4.96. The summed E-state index contributed by atoms with van der Waals surface area (Å²) in [5.41, 5.74) is 2.21. The molecular weight excluding hydrogens is 352 g/mol. The van der Waals surface area contributed by atoms with Gasteiger partial charge < -0.3 is 25.2 Å². The van der Waals surface area contributed by atoms with Crippen LogP contribution in [-0.2, 0) is 13.1 Å². The maximum Gasteiger partial charge on any atom is 0.191 e. The molecule has 0 spiro atoms. The lowest BCUT2D eigenvalue weighted by molar-refractivity contribution is 0.312. The van der Waals surface area contributed by atoms with E-state index in [1.165, 1.54) is 0 Å². The van der Waals surface area contributed by atoms with E-state index in [0.717, 1.165) is 54.8 Å². The number of para-hydroxylation sites is 1. The van der Waals surface area contributed by atoms with E-state index < -0.39 is 0 Å². The second-order valence-corrected chi connectivity index (χ2v) is 6.91. The van der Waals surface area contributed by atoms with Gasteiger partial charge in [0, 0.05) is 58.1 Å². The molecule has 1 aliphatic heterocycles. The number of ether oxygens (including phenoxy) is 1. The Labute approximate surface area is 167 Å². The summed E-state index contributed by atoms with van der Waals surface area (Å²) in [7, 11) is 5.62. The van der Waals surface area contributed by atoms with Crippen molar-refractivity contribution in [3.8, 4) is 5.75 Å². The Morgan fingerprint density at radius 2 is 1.82 bits per heavy atom. The monoisotopic (exact) mass is 382 g/mol. The molecular formula is C21H30N6O. The molecule has 3 rings (SSSR count). The number of hydrogen-bond donors (Lipinski definition) is 2. The van der Waals surface area contributed by atoms with Crippen molar-refractivity contribution in [3.63, 3.8) is 0 Å². The first kappa shape index (κ1) is 19.9. The van der Waals surface area contributed by atoms with Crippen molar-refractivity contribution in [2.75, 3.05) is 52.3 Å². The Bertz CT molecular complexity index is 769. The van der Waals surface area contributed by atoms with E-state index in [2.05, 4.69) is 49.6 Å². The molecule has 28 heavy (non-hydrogen) atoms. The fraction of sp³-hybridized carbons (Fsp3) is 0.429. The van der Waals surface area contributed by atoms with E-state index in [4.69, 9.17) is 4.74 Å². The van der Waals surface area contributed by atoms with Gasteiger partial charge in [-0.2, -0.15) is 0 Å². The van der Waals surface area contributed by atoms with E-state index in [0.29, 0.717) is 13.1 Å². The van der Waals surface area contributed by atoms with Crippen LogP contribution in [0, 0.1) is 0 Å². The van der Waals surface area contributed by atoms with Gasteiger partial charge in [0.2, 0.25) is 0 Å². The van der Waals surface area contributed by atoms with Gasteiger partial charge in [-0.05, 0) is 24.7 Å². The number of aliphatic imine (C=N–C) groups is 1. The van der Waals surface area contributed by atoms with Crippen LogP contribution in [0.2, 0.25) is 0 Å². The van der Waals surface area contributed by atoms with Gasteiger partial charge in [0.05, 0.1) is 7.11 Å². The average Bonchev–Trinajstić information content (AvgIpc) is 2.75. The molecule has 0 atom stereocenters. The van der Waals surface area contributed by atoms with Crippen LogP contribution in [0.4, 0.5) is 5.82 Å². The first-order valence-electron chi connectivity index (χ1n) is 9.64. The Hall–Kier alpha value is -2.80. The molecule has 1 saturated heterocycles. The van der Waals surface area contributed by atoms with Crippen molar-refractivity contribution in [3.05, 3.63) is 53.7 Å². The van der Waals surface area contributed by atoms with E-state index in [9.17, 15) is 0 Å². The number of nitrogens with one attached hydrogen (secondary N) is 2. The van der Waals surface area contributed by atoms with Gasteiger partial charge in [-0.15, -0.1) is 0 Å². The molecule has 2 N–H and O–H groups in total. The van der Waals surface area contributed by atoms with Gasteiger partial charge in [-0.3, -0.25) is 4.99 Å². The number of aromatic nitrogens is 1. The van der Waals surface area contributed by atoms with Gasteiger partial charge in [-0.1, -0.05) is 24.3 Å². The number of rotatable bonds is 6. The maximum atomic E-state index is 5.39. The molecule has 0 radical (unpaired) electrons. The molecule has 0 aliphatic carbocycles. The number of piperazine rings is 1. The highest BCUT2D eigenvalue weighted by atomic mass is 16.5. The Balaban J connectivity index is 1.49.